The minimum Gasteiger partial charge on any atom is -0.389 e. The number of anilines is 1. The highest BCUT2D eigenvalue weighted by Gasteiger charge is 2.29. The van der Waals surface area contributed by atoms with Crippen LogP contribution in [0.4, 0.5) is 18.9 Å². The Labute approximate surface area is 110 Å². The number of nitrogens with one attached hydrogen (secondary N) is 1. The van der Waals surface area contributed by atoms with Crippen LogP contribution in [0.2, 0.25) is 0 Å². The van der Waals surface area contributed by atoms with Gasteiger partial charge in [-0.15, -0.1) is 0 Å². The predicted octanol–water partition coefficient (Wildman–Crippen LogP) is 2.90. The van der Waals surface area contributed by atoms with Gasteiger partial charge in [-0.1, -0.05) is 0 Å². The van der Waals surface area contributed by atoms with E-state index in [0.717, 1.165) is 12.1 Å². The third-order valence-electron chi connectivity index (χ3n) is 2.38. The molecule has 3 nitrogen and oxygen atoms in total. The summed E-state index contributed by atoms with van der Waals surface area (Å²) in [6.45, 7) is 4.12. The van der Waals surface area contributed by atoms with Crippen molar-refractivity contribution in [2.75, 3.05) is 18.5 Å². The molecular weight excluding hydrogens is 259 g/mol. The van der Waals surface area contributed by atoms with Crippen LogP contribution in [-0.2, 0) is 10.9 Å². The summed E-state index contributed by atoms with van der Waals surface area (Å²) in [7, 11) is 0. The molecule has 0 amide bonds. The van der Waals surface area contributed by atoms with E-state index in [0.29, 0.717) is 5.69 Å². The lowest BCUT2D eigenvalue weighted by Gasteiger charge is -2.15. The van der Waals surface area contributed by atoms with Crippen molar-refractivity contribution in [1.29, 1.82) is 0 Å². The van der Waals surface area contributed by atoms with Crippen molar-refractivity contribution < 1.29 is 23.0 Å². The molecule has 1 unspecified atom stereocenters. The maximum atomic E-state index is 12.3. The fraction of sp³-hybridized carbons (Fsp3) is 0.538. The summed E-state index contributed by atoms with van der Waals surface area (Å²) in [5.74, 6) is 0. The summed E-state index contributed by atoms with van der Waals surface area (Å²) < 4.78 is 42.2. The molecule has 0 fully saturated rings. The lowest BCUT2D eigenvalue weighted by molar-refractivity contribution is -0.137. The first kappa shape index (κ1) is 15.8. The Bertz CT molecular complexity index is 376. The van der Waals surface area contributed by atoms with Crippen molar-refractivity contribution in [2.24, 2.45) is 0 Å². The number of benzene rings is 1. The first-order chi connectivity index (χ1) is 8.79. The van der Waals surface area contributed by atoms with E-state index in [1.54, 1.807) is 0 Å². The van der Waals surface area contributed by atoms with E-state index in [4.69, 9.17) is 4.74 Å². The minimum absolute atomic E-state index is 0.0284. The van der Waals surface area contributed by atoms with Crippen LogP contribution in [0.25, 0.3) is 0 Å². The molecule has 1 aromatic rings. The summed E-state index contributed by atoms with van der Waals surface area (Å²) in [6.07, 6.45) is -5.01. The lowest BCUT2D eigenvalue weighted by atomic mass is 10.2. The van der Waals surface area contributed by atoms with Crippen LogP contribution in [0.5, 0.6) is 0 Å². The zero-order valence-electron chi connectivity index (χ0n) is 10.9. The topological polar surface area (TPSA) is 41.5 Å². The van der Waals surface area contributed by atoms with E-state index in [9.17, 15) is 18.3 Å². The van der Waals surface area contributed by atoms with Crippen LogP contribution in [0.3, 0.4) is 0 Å². The predicted molar refractivity (Wildman–Crippen MR) is 67.0 cm³/mol. The maximum absolute atomic E-state index is 12.3. The number of hydrogen-bond acceptors (Lipinski definition) is 3. The Kier molecular flexibility index (Phi) is 5.62. The summed E-state index contributed by atoms with van der Waals surface area (Å²) in [5, 5.41) is 12.4. The molecule has 0 bridgehead atoms. The SMILES string of the molecule is CC(C)OCC(O)CNc1ccc(C(F)(F)F)cc1. The molecule has 0 aliphatic rings. The molecule has 0 aliphatic carbocycles. The monoisotopic (exact) mass is 277 g/mol. The molecule has 108 valence electrons. The van der Waals surface area contributed by atoms with Gasteiger partial charge in [-0.3, -0.25) is 0 Å². The summed E-state index contributed by atoms with van der Waals surface area (Å²) in [5.41, 5.74) is -0.168. The molecule has 6 heteroatoms. The number of hydrogen-bond donors (Lipinski definition) is 2. The van der Waals surface area contributed by atoms with Gasteiger partial charge in [0.05, 0.1) is 24.4 Å². The zero-order valence-corrected chi connectivity index (χ0v) is 10.9. The van der Waals surface area contributed by atoms with Crippen LogP contribution in [-0.4, -0.2) is 30.5 Å². The average Bonchev–Trinajstić information content (AvgIpc) is 2.33. The summed E-state index contributed by atoms with van der Waals surface area (Å²) >= 11 is 0. The number of halogens is 3. The summed E-state index contributed by atoms with van der Waals surface area (Å²) in [4.78, 5) is 0. The molecule has 1 rings (SSSR count). The Morgan fingerprint density at radius 1 is 1.21 bits per heavy atom. The van der Waals surface area contributed by atoms with E-state index in [2.05, 4.69) is 5.32 Å². The average molecular weight is 277 g/mol. The molecule has 0 heterocycles. The van der Waals surface area contributed by atoms with Crippen molar-refractivity contribution in [3.8, 4) is 0 Å². The van der Waals surface area contributed by atoms with Gasteiger partial charge < -0.3 is 15.2 Å². The van der Waals surface area contributed by atoms with E-state index in [1.807, 2.05) is 13.8 Å². The second kappa shape index (κ2) is 6.77. The Hall–Kier alpha value is -1.27. The number of rotatable bonds is 6. The Morgan fingerprint density at radius 3 is 2.26 bits per heavy atom. The highest BCUT2D eigenvalue weighted by Crippen LogP contribution is 2.29. The minimum atomic E-state index is -4.33. The Balaban J connectivity index is 2.42. The van der Waals surface area contributed by atoms with E-state index < -0.39 is 17.8 Å². The Morgan fingerprint density at radius 2 is 1.79 bits per heavy atom. The van der Waals surface area contributed by atoms with Crippen LogP contribution in [0.1, 0.15) is 19.4 Å². The van der Waals surface area contributed by atoms with Crippen LogP contribution < -0.4 is 5.32 Å². The zero-order chi connectivity index (χ0) is 14.5. The standard InChI is InChI=1S/C13H18F3NO2/c1-9(2)19-8-12(18)7-17-11-5-3-10(4-6-11)13(14,15)16/h3-6,9,12,17-18H,7-8H2,1-2H3. The van der Waals surface area contributed by atoms with E-state index in [1.165, 1.54) is 12.1 Å². The van der Waals surface area contributed by atoms with Gasteiger partial charge in [0.2, 0.25) is 0 Å². The van der Waals surface area contributed by atoms with Crippen molar-refractivity contribution >= 4 is 5.69 Å². The second-order valence-corrected chi connectivity index (χ2v) is 4.49. The highest BCUT2D eigenvalue weighted by molar-refractivity contribution is 5.45. The van der Waals surface area contributed by atoms with Crippen molar-refractivity contribution in [2.45, 2.75) is 32.2 Å². The third-order valence-corrected chi connectivity index (χ3v) is 2.38. The number of aliphatic hydroxyl groups is 1. The van der Waals surface area contributed by atoms with Gasteiger partial charge in [0.15, 0.2) is 0 Å². The van der Waals surface area contributed by atoms with Gasteiger partial charge >= 0.3 is 6.18 Å². The molecule has 0 aliphatic heterocycles. The molecule has 0 aromatic heterocycles. The third kappa shape index (κ3) is 5.94. The molecule has 1 atom stereocenters. The van der Waals surface area contributed by atoms with Crippen molar-refractivity contribution in [3.05, 3.63) is 29.8 Å². The molecule has 0 radical (unpaired) electrons. The van der Waals surface area contributed by atoms with Gasteiger partial charge in [0.25, 0.3) is 0 Å². The number of alkyl halides is 3. The highest BCUT2D eigenvalue weighted by atomic mass is 19.4. The normalized spacial score (nSPS) is 13.6. The number of aliphatic hydroxyl groups excluding tert-OH is 1. The van der Waals surface area contributed by atoms with Crippen LogP contribution in [0, 0.1) is 0 Å². The van der Waals surface area contributed by atoms with Gasteiger partial charge in [0.1, 0.15) is 0 Å². The fourth-order valence-corrected chi connectivity index (χ4v) is 1.38. The van der Waals surface area contributed by atoms with Crippen LogP contribution >= 0.6 is 0 Å². The first-order valence-corrected chi connectivity index (χ1v) is 6.00. The van der Waals surface area contributed by atoms with Gasteiger partial charge in [-0.25, -0.2) is 0 Å². The van der Waals surface area contributed by atoms with Gasteiger partial charge in [0, 0.05) is 12.2 Å². The van der Waals surface area contributed by atoms with Crippen molar-refractivity contribution in [3.63, 3.8) is 0 Å². The lowest BCUT2D eigenvalue weighted by Crippen LogP contribution is -2.26. The van der Waals surface area contributed by atoms with E-state index >= 15 is 0 Å². The molecule has 19 heavy (non-hydrogen) atoms. The molecular formula is C13H18F3NO2. The second-order valence-electron chi connectivity index (χ2n) is 4.49. The van der Waals surface area contributed by atoms with Gasteiger partial charge in [-0.2, -0.15) is 13.2 Å². The van der Waals surface area contributed by atoms with Crippen molar-refractivity contribution in [1.82, 2.24) is 0 Å². The first-order valence-electron chi connectivity index (χ1n) is 6.00. The molecule has 0 saturated heterocycles. The van der Waals surface area contributed by atoms with E-state index in [-0.39, 0.29) is 19.3 Å². The molecule has 0 spiro atoms. The molecule has 2 N–H and O–H groups in total. The molecule has 0 saturated carbocycles. The van der Waals surface area contributed by atoms with Gasteiger partial charge in [-0.05, 0) is 38.1 Å². The maximum Gasteiger partial charge on any atom is 0.416 e. The largest absolute Gasteiger partial charge is 0.416 e. The molecule has 1 aromatic carbocycles. The van der Waals surface area contributed by atoms with Crippen LogP contribution in [0.15, 0.2) is 24.3 Å². The smallest absolute Gasteiger partial charge is 0.389 e. The quantitative estimate of drug-likeness (QED) is 0.840. The fourth-order valence-electron chi connectivity index (χ4n) is 1.38. The summed E-state index contributed by atoms with van der Waals surface area (Å²) in [6, 6.07) is 4.66. The number of ether oxygens (including phenoxy) is 1.